The lowest BCUT2D eigenvalue weighted by atomic mass is 9.85. The van der Waals surface area contributed by atoms with Crippen molar-refractivity contribution in [1.82, 2.24) is 24.5 Å². The summed E-state index contributed by atoms with van der Waals surface area (Å²) in [5.41, 5.74) is 4.54. The molecule has 0 amide bonds. The van der Waals surface area contributed by atoms with Gasteiger partial charge < -0.3 is 63.1 Å². The van der Waals surface area contributed by atoms with Gasteiger partial charge in [-0.15, -0.1) is 11.6 Å². The van der Waals surface area contributed by atoms with Crippen LogP contribution < -0.4 is 18.9 Å². The molecular weight excluding hydrogens is 1230 g/mol. The van der Waals surface area contributed by atoms with Crippen LogP contribution in [0.1, 0.15) is 121 Å². The number of alkyl halides is 1. The minimum atomic E-state index is -0.107. The van der Waals surface area contributed by atoms with E-state index in [-0.39, 0.29) is 23.0 Å². The normalized spacial score (nSPS) is 18.3. The van der Waals surface area contributed by atoms with Gasteiger partial charge in [-0.2, -0.15) is 0 Å². The molecule has 0 radical (unpaired) electrons. The fourth-order valence-corrected chi connectivity index (χ4v) is 12.7. The Labute approximate surface area is 575 Å². The van der Waals surface area contributed by atoms with Crippen molar-refractivity contribution in [2.75, 3.05) is 190 Å². The summed E-state index contributed by atoms with van der Waals surface area (Å²) in [6.45, 7) is 35.4. The fourth-order valence-electron chi connectivity index (χ4n) is 12.5. The minimum Gasteiger partial charge on any atom is -0.504 e. The number of unbranched alkanes of at least 4 members (excludes halogenated alkanes) is 5. The van der Waals surface area contributed by atoms with Gasteiger partial charge in [0, 0.05) is 77.9 Å². The van der Waals surface area contributed by atoms with Crippen molar-refractivity contribution >= 4 is 11.6 Å². The van der Waals surface area contributed by atoms with E-state index in [1.165, 1.54) is 36.2 Å². The molecule has 0 aliphatic carbocycles. The van der Waals surface area contributed by atoms with Crippen LogP contribution in [0.25, 0.3) is 0 Å². The average molecular weight is 1350 g/mol. The minimum absolute atomic E-state index is 0.0965. The van der Waals surface area contributed by atoms with Gasteiger partial charge >= 0.3 is 0 Å². The van der Waals surface area contributed by atoms with Crippen LogP contribution in [0.2, 0.25) is 0 Å². The van der Waals surface area contributed by atoms with Crippen LogP contribution in [0.3, 0.4) is 0 Å². The SMILES string of the molecule is C[C@H](Cc1ccc(O)c(O)c1)[C@@H](C)Cc1ccc(O)c(O)c1.C[C@H](Cc1ccc(OCCCCN2CCOCC2)c(OCCCCN2CCCOC2)c1)[C@@H](C)Cc1ccc(OCCCCN2CCOCC2)c(OCCCCN2CCOCC2)c1.ClCCCCN1CCOCC1. The van der Waals surface area contributed by atoms with Crippen molar-refractivity contribution < 1.29 is 63.1 Å². The number of halogens is 1. The van der Waals surface area contributed by atoms with Gasteiger partial charge in [0.05, 0.1) is 86.0 Å². The Hall–Kier alpha value is -4.83. The highest BCUT2D eigenvalue weighted by Gasteiger charge is 2.21. The standard InChI is InChI=1S/C50H82N4O8.C18H22O4.C8H16ClNO/c1-43(38-45-12-14-47(59-28-7-3-16-51-21-32-55-33-22-51)49(40-45)61-30-9-5-18-53-25-36-57-37-26-53)44(2)39-46-13-15-48(60-29-8-4-17-52-23-34-56-35-24-52)50(41-46)62-31-10-6-19-54-20-11-27-58-42-54;1-11(7-13-3-5-15(19)17(21)9-13)12(2)8-14-4-6-16(20)18(22)10-14;9-3-1-2-4-10-5-7-11-8-6-10/h12-15,40-41,43-44H,3-11,16-39,42H2,1-2H3;3-6,9-12,19-22H,7-8H2,1-2H3;1-8H2/t43-,44+;11-,12+;/m0../s1. The second kappa shape index (κ2) is 45.7. The lowest BCUT2D eigenvalue weighted by Gasteiger charge is -2.26. The molecule has 9 rings (SSSR count). The van der Waals surface area contributed by atoms with Crippen molar-refractivity contribution in [2.45, 2.75) is 124 Å². The predicted molar refractivity (Wildman–Crippen MR) is 379 cm³/mol. The third-order valence-electron chi connectivity index (χ3n) is 19.1. The topological polar surface area (TPSA) is 180 Å². The van der Waals surface area contributed by atoms with E-state index in [1.54, 1.807) is 12.1 Å². The third kappa shape index (κ3) is 30.9. The molecule has 19 heteroatoms. The van der Waals surface area contributed by atoms with Crippen LogP contribution in [-0.4, -0.2) is 235 Å². The molecule has 4 N–H and O–H groups in total. The molecule has 95 heavy (non-hydrogen) atoms. The number of hydrogen-bond donors (Lipinski definition) is 4. The first-order chi connectivity index (χ1) is 46.4. The van der Waals surface area contributed by atoms with Gasteiger partial charge in [0.25, 0.3) is 0 Å². The number of phenols is 4. The number of rotatable bonds is 38. The molecule has 0 aromatic heterocycles. The first-order valence-corrected chi connectivity index (χ1v) is 36.8. The number of aromatic hydroxyl groups is 4. The third-order valence-corrected chi connectivity index (χ3v) is 19.4. The van der Waals surface area contributed by atoms with E-state index >= 15 is 0 Å². The molecule has 5 aliphatic heterocycles. The molecule has 18 nitrogen and oxygen atoms in total. The summed E-state index contributed by atoms with van der Waals surface area (Å²) in [6, 6.07) is 23.0. The highest BCUT2D eigenvalue weighted by molar-refractivity contribution is 6.17. The summed E-state index contributed by atoms with van der Waals surface area (Å²) in [5.74, 6) is 5.52. The van der Waals surface area contributed by atoms with Crippen LogP contribution in [0.5, 0.6) is 46.0 Å². The maximum Gasteiger partial charge on any atom is 0.161 e. The number of ether oxygens (including phenoxy) is 9. The van der Waals surface area contributed by atoms with Crippen LogP contribution >= 0.6 is 11.6 Å². The van der Waals surface area contributed by atoms with Gasteiger partial charge in [0.1, 0.15) is 0 Å². The highest BCUT2D eigenvalue weighted by atomic mass is 35.5. The molecule has 0 bridgehead atoms. The molecule has 0 spiro atoms. The summed E-state index contributed by atoms with van der Waals surface area (Å²) < 4.78 is 53.2. The van der Waals surface area contributed by atoms with Gasteiger partial charge in [0.15, 0.2) is 46.0 Å². The first kappa shape index (κ1) is 77.5. The lowest BCUT2D eigenvalue weighted by molar-refractivity contribution is -0.0141. The highest BCUT2D eigenvalue weighted by Crippen LogP contribution is 2.35. The summed E-state index contributed by atoms with van der Waals surface area (Å²) >= 11 is 5.58. The molecular formula is C76H120ClN5O13. The molecule has 5 heterocycles. The van der Waals surface area contributed by atoms with Gasteiger partial charge in [-0.05, 0) is 217 Å². The van der Waals surface area contributed by atoms with Crippen molar-refractivity contribution in [2.24, 2.45) is 23.7 Å². The van der Waals surface area contributed by atoms with E-state index in [4.69, 9.17) is 54.2 Å². The molecule has 5 saturated heterocycles. The summed E-state index contributed by atoms with van der Waals surface area (Å²) in [6.07, 6.45) is 15.6. The summed E-state index contributed by atoms with van der Waals surface area (Å²) in [4.78, 5) is 12.3. The van der Waals surface area contributed by atoms with Crippen molar-refractivity contribution in [1.29, 1.82) is 0 Å². The maximum absolute atomic E-state index is 9.54. The van der Waals surface area contributed by atoms with E-state index in [9.17, 15) is 20.4 Å². The lowest BCUT2D eigenvalue weighted by Crippen LogP contribution is -2.36. The Morgan fingerprint density at radius 3 is 0.958 bits per heavy atom. The Balaban J connectivity index is 0.000000313. The molecule has 5 fully saturated rings. The van der Waals surface area contributed by atoms with Crippen molar-refractivity contribution in [3.8, 4) is 46.0 Å². The summed E-state index contributed by atoms with van der Waals surface area (Å²) in [7, 11) is 0. The molecule has 0 saturated carbocycles. The number of hydrogen-bond acceptors (Lipinski definition) is 18. The fraction of sp³-hybridized carbons (Fsp3) is 0.684. The zero-order valence-corrected chi connectivity index (χ0v) is 59.2. The van der Waals surface area contributed by atoms with Crippen LogP contribution in [0.15, 0.2) is 72.8 Å². The number of morpholine rings is 4. The monoisotopic (exact) mass is 1350 g/mol. The Morgan fingerprint density at radius 2 is 0.642 bits per heavy atom. The average Bonchev–Trinajstić information content (AvgIpc) is 1.93. The zero-order valence-electron chi connectivity index (χ0n) is 58.4. The van der Waals surface area contributed by atoms with Crippen molar-refractivity contribution in [3.05, 3.63) is 95.1 Å². The Bertz CT molecular complexity index is 2500. The number of nitrogens with zero attached hydrogens (tertiary/aromatic N) is 5. The molecule has 5 aliphatic rings. The summed E-state index contributed by atoms with van der Waals surface area (Å²) in [5, 5.41) is 37.8. The first-order valence-electron chi connectivity index (χ1n) is 36.2. The van der Waals surface area contributed by atoms with Gasteiger partial charge in [-0.1, -0.05) is 52.0 Å². The second-order valence-electron chi connectivity index (χ2n) is 26.9. The van der Waals surface area contributed by atoms with Gasteiger partial charge in [-0.25, -0.2) is 0 Å². The zero-order chi connectivity index (χ0) is 67.1. The second-order valence-corrected chi connectivity index (χ2v) is 27.3. The van der Waals surface area contributed by atoms with Crippen LogP contribution in [0, 0.1) is 23.7 Å². The molecule has 0 unspecified atom stereocenters. The predicted octanol–water partition coefficient (Wildman–Crippen LogP) is 12.0. The quantitative estimate of drug-likeness (QED) is 0.0189. The van der Waals surface area contributed by atoms with Crippen LogP contribution in [0.4, 0.5) is 0 Å². The molecule has 4 aromatic carbocycles. The smallest absolute Gasteiger partial charge is 0.161 e. The Kier molecular flexibility index (Phi) is 37.3. The molecule has 4 aromatic rings. The van der Waals surface area contributed by atoms with E-state index < -0.39 is 0 Å². The van der Waals surface area contributed by atoms with E-state index in [2.05, 4.69) is 88.6 Å². The van der Waals surface area contributed by atoms with Crippen LogP contribution in [-0.2, 0) is 49.4 Å². The Morgan fingerprint density at radius 1 is 0.337 bits per heavy atom. The number of benzene rings is 4. The van der Waals surface area contributed by atoms with E-state index in [0.29, 0.717) is 50.1 Å². The largest absolute Gasteiger partial charge is 0.504 e. The van der Waals surface area contributed by atoms with Gasteiger partial charge in [0.2, 0.25) is 0 Å². The molecule has 4 atom stereocenters. The van der Waals surface area contributed by atoms with E-state index in [1.807, 2.05) is 12.1 Å². The molecule has 534 valence electrons. The van der Waals surface area contributed by atoms with Gasteiger partial charge in [-0.3, -0.25) is 24.5 Å². The number of phenolic OH excluding ortho intramolecular Hbond substituents is 4. The maximum atomic E-state index is 9.54. The van der Waals surface area contributed by atoms with Crippen molar-refractivity contribution in [3.63, 3.8) is 0 Å². The van der Waals surface area contributed by atoms with E-state index in [0.717, 1.165) is 281 Å².